The Morgan fingerprint density at radius 2 is 1.35 bits per heavy atom. The van der Waals surface area contributed by atoms with E-state index in [1.807, 2.05) is 0 Å². The lowest BCUT2D eigenvalue weighted by Crippen LogP contribution is -2.17. The Morgan fingerprint density at radius 1 is 0.824 bits per heavy atom. The fraction of sp³-hybridized carbons (Fsp3) is 0.200. The van der Waals surface area contributed by atoms with Crippen LogP contribution in [0.3, 0.4) is 0 Å². The molecule has 0 saturated carbocycles. The van der Waals surface area contributed by atoms with Crippen LogP contribution in [0.1, 0.15) is 11.1 Å². The molecule has 0 saturated heterocycles. The normalized spacial score (nSPS) is 10.7. The quantitative estimate of drug-likeness (QED) is 0.711. The molecule has 1 nitrogen and oxygen atoms in total. The predicted octanol–water partition coefficient (Wildman–Crippen LogP) is 1.58. The van der Waals surface area contributed by atoms with Crippen LogP contribution in [0, 0.1) is 0 Å². The molecule has 0 amide bonds. The minimum absolute atomic E-state index is 0.995. The van der Waals surface area contributed by atoms with Gasteiger partial charge in [0, 0.05) is 13.1 Å². The fourth-order valence-corrected chi connectivity index (χ4v) is 1.96. The maximum atomic E-state index is 2.33. The number of nitrogens with zero attached hydrogens (tertiary/aromatic N) is 1. The Morgan fingerprint density at radius 3 is 1.94 bits per heavy atom. The van der Waals surface area contributed by atoms with Gasteiger partial charge in [-0.3, -0.25) is 4.90 Å². The molecule has 0 heterocycles. The van der Waals surface area contributed by atoms with Crippen LogP contribution in [0.15, 0.2) is 54.6 Å². The lowest BCUT2D eigenvalue weighted by molar-refractivity contribution is 0.319. The van der Waals surface area contributed by atoms with Crippen LogP contribution in [-0.2, 0) is 13.1 Å². The van der Waals surface area contributed by atoms with Crippen molar-refractivity contribution < 1.29 is 0 Å². The maximum Gasteiger partial charge on any atom is 0.139 e. The zero-order valence-electron chi connectivity index (χ0n) is 10.6. The summed E-state index contributed by atoms with van der Waals surface area (Å²) in [6, 6.07) is 19.3. The number of hydrogen-bond acceptors (Lipinski definition) is 1. The lowest BCUT2D eigenvalue weighted by atomic mass is 9.95. The molecule has 0 unspecified atom stereocenters. The monoisotopic (exact) mass is 223 g/mol. The van der Waals surface area contributed by atoms with E-state index < -0.39 is 0 Å². The Balaban J connectivity index is 1.93. The molecule has 0 aromatic heterocycles. The molecule has 0 atom stereocenters. The molecule has 0 bridgehead atoms. The summed E-state index contributed by atoms with van der Waals surface area (Å²) in [5.41, 5.74) is 4.05. The van der Waals surface area contributed by atoms with E-state index in [1.165, 1.54) is 16.6 Å². The average Bonchev–Trinajstić information content (AvgIpc) is 2.33. The van der Waals surface area contributed by atoms with Crippen molar-refractivity contribution in [3.63, 3.8) is 0 Å². The van der Waals surface area contributed by atoms with E-state index in [2.05, 4.69) is 74.4 Å². The van der Waals surface area contributed by atoms with Gasteiger partial charge >= 0.3 is 0 Å². The first-order chi connectivity index (χ1) is 8.24. The highest BCUT2D eigenvalue weighted by Crippen LogP contribution is 2.06. The van der Waals surface area contributed by atoms with Crippen molar-refractivity contribution in [3.8, 4) is 0 Å². The zero-order chi connectivity index (χ0) is 12.1. The van der Waals surface area contributed by atoms with Crippen molar-refractivity contribution in [1.29, 1.82) is 0 Å². The average molecular weight is 223 g/mol. The van der Waals surface area contributed by atoms with E-state index in [-0.39, 0.29) is 0 Å². The van der Waals surface area contributed by atoms with Gasteiger partial charge in [0.1, 0.15) is 7.85 Å². The number of hydrogen-bond donors (Lipinski definition) is 0. The number of benzene rings is 2. The highest BCUT2D eigenvalue weighted by Gasteiger charge is 2.01. The summed E-state index contributed by atoms with van der Waals surface area (Å²) in [6.45, 7) is 1.99. The smallest absolute Gasteiger partial charge is 0.139 e. The molecule has 0 spiro atoms. The molecule has 0 fully saturated rings. The summed E-state index contributed by atoms with van der Waals surface area (Å²) >= 11 is 0. The first-order valence-electron chi connectivity index (χ1n) is 6.02. The van der Waals surface area contributed by atoms with Crippen LogP contribution >= 0.6 is 0 Å². The fourth-order valence-electron chi connectivity index (χ4n) is 1.96. The third kappa shape index (κ3) is 3.75. The molecule has 0 aliphatic heterocycles. The van der Waals surface area contributed by atoms with Crippen LogP contribution in [-0.4, -0.2) is 19.8 Å². The molecular weight excluding hydrogens is 205 g/mol. The third-order valence-electron chi connectivity index (χ3n) is 2.87. The molecule has 86 valence electrons. The topological polar surface area (TPSA) is 3.24 Å². The third-order valence-corrected chi connectivity index (χ3v) is 2.87. The van der Waals surface area contributed by atoms with Gasteiger partial charge in [-0.05, 0) is 18.2 Å². The standard InChI is InChI=1S/C15H18BN/c1-17(11-13-5-3-2-4-6-13)12-14-7-9-15(16)10-8-14/h2-10H,11-12,16H2,1H3. The van der Waals surface area contributed by atoms with Crippen LogP contribution in [0.5, 0.6) is 0 Å². The van der Waals surface area contributed by atoms with Gasteiger partial charge in [-0.1, -0.05) is 60.1 Å². The SMILES string of the molecule is Bc1ccc(CN(C)Cc2ccccc2)cc1. The molecule has 0 aliphatic carbocycles. The van der Waals surface area contributed by atoms with Crippen molar-refractivity contribution >= 4 is 13.3 Å². The van der Waals surface area contributed by atoms with Gasteiger partial charge in [0.2, 0.25) is 0 Å². The molecule has 0 N–H and O–H groups in total. The minimum Gasteiger partial charge on any atom is -0.298 e. The first kappa shape index (κ1) is 11.9. The highest BCUT2D eigenvalue weighted by molar-refractivity contribution is 6.32. The summed E-state index contributed by atoms with van der Waals surface area (Å²) in [4.78, 5) is 2.33. The Kier molecular flexibility index (Phi) is 4.00. The van der Waals surface area contributed by atoms with E-state index in [4.69, 9.17) is 0 Å². The molecular formula is C15H18BN. The van der Waals surface area contributed by atoms with Crippen molar-refractivity contribution in [1.82, 2.24) is 4.90 Å². The van der Waals surface area contributed by atoms with E-state index in [1.54, 1.807) is 0 Å². The van der Waals surface area contributed by atoms with Gasteiger partial charge in [-0.15, -0.1) is 0 Å². The van der Waals surface area contributed by atoms with E-state index in [0.29, 0.717) is 0 Å². The Hall–Kier alpha value is -1.54. The zero-order valence-corrected chi connectivity index (χ0v) is 10.6. The second-order valence-electron chi connectivity index (χ2n) is 4.64. The minimum atomic E-state index is 0.995. The van der Waals surface area contributed by atoms with Crippen LogP contribution in [0.4, 0.5) is 0 Å². The molecule has 2 aromatic rings. The highest BCUT2D eigenvalue weighted by atomic mass is 15.1. The molecule has 0 aliphatic rings. The van der Waals surface area contributed by atoms with Crippen molar-refractivity contribution in [2.75, 3.05) is 7.05 Å². The largest absolute Gasteiger partial charge is 0.298 e. The Bertz CT molecular complexity index is 450. The summed E-state index contributed by atoms with van der Waals surface area (Å²) < 4.78 is 0. The molecule has 0 radical (unpaired) electrons. The van der Waals surface area contributed by atoms with Crippen LogP contribution < -0.4 is 5.46 Å². The van der Waals surface area contributed by atoms with Crippen LogP contribution in [0.2, 0.25) is 0 Å². The molecule has 17 heavy (non-hydrogen) atoms. The van der Waals surface area contributed by atoms with E-state index in [9.17, 15) is 0 Å². The Labute approximate surface area is 104 Å². The van der Waals surface area contributed by atoms with Crippen molar-refractivity contribution in [2.24, 2.45) is 0 Å². The molecule has 2 heteroatoms. The van der Waals surface area contributed by atoms with Gasteiger partial charge in [0.15, 0.2) is 0 Å². The van der Waals surface area contributed by atoms with Crippen molar-refractivity contribution in [3.05, 3.63) is 65.7 Å². The van der Waals surface area contributed by atoms with Gasteiger partial charge in [0.05, 0.1) is 0 Å². The maximum absolute atomic E-state index is 2.33. The number of rotatable bonds is 4. The van der Waals surface area contributed by atoms with Crippen LogP contribution in [0.25, 0.3) is 0 Å². The second kappa shape index (κ2) is 5.69. The lowest BCUT2D eigenvalue weighted by Gasteiger charge is -2.16. The van der Waals surface area contributed by atoms with Gasteiger partial charge in [-0.2, -0.15) is 0 Å². The first-order valence-corrected chi connectivity index (χ1v) is 6.02. The van der Waals surface area contributed by atoms with E-state index in [0.717, 1.165) is 13.1 Å². The molecule has 2 aromatic carbocycles. The summed E-state index contributed by atoms with van der Waals surface area (Å²) in [5.74, 6) is 0. The van der Waals surface area contributed by atoms with Gasteiger partial charge in [-0.25, -0.2) is 0 Å². The van der Waals surface area contributed by atoms with Gasteiger partial charge < -0.3 is 0 Å². The van der Waals surface area contributed by atoms with Crippen molar-refractivity contribution in [2.45, 2.75) is 13.1 Å². The summed E-state index contributed by atoms with van der Waals surface area (Å²) in [5, 5.41) is 0. The second-order valence-corrected chi connectivity index (χ2v) is 4.64. The summed E-state index contributed by atoms with van der Waals surface area (Å²) in [7, 11) is 4.28. The summed E-state index contributed by atoms with van der Waals surface area (Å²) in [6.07, 6.45) is 0. The molecule has 2 rings (SSSR count). The predicted molar refractivity (Wildman–Crippen MR) is 76.2 cm³/mol. The van der Waals surface area contributed by atoms with E-state index >= 15 is 0 Å². The van der Waals surface area contributed by atoms with Gasteiger partial charge in [0.25, 0.3) is 0 Å².